The van der Waals surface area contributed by atoms with Crippen molar-refractivity contribution in [2.24, 2.45) is 0 Å². The van der Waals surface area contributed by atoms with Crippen LogP contribution in [0.3, 0.4) is 0 Å². The van der Waals surface area contributed by atoms with Gasteiger partial charge >= 0.3 is 0 Å². The number of carbonyl (C=O) groups excluding carboxylic acids is 2. The Morgan fingerprint density at radius 1 is 1.14 bits per heavy atom. The molecule has 0 saturated heterocycles. The third-order valence-corrected chi connectivity index (χ3v) is 5.56. The van der Waals surface area contributed by atoms with E-state index >= 15 is 0 Å². The number of carbonyl (C=O) groups is 2. The molecule has 0 atom stereocenters. The summed E-state index contributed by atoms with van der Waals surface area (Å²) in [5.74, 6) is 0.972. The van der Waals surface area contributed by atoms with Crippen molar-refractivity contribution in [2.75, 3.05) is 23.1 Å². The maximum atomic E-state index is 12.5. The number of nitrogens with zero attached hydrogens (tertiary/aromatic N) is 2. The highest BCUT2D eigenvalue weighted by atomic mass is 32.2. The minimum Gasteiger partial charge on any atom is -0.497 e. The highest BCUT2D eigenvalue weighted by molar-refractivity contribution is 8.00. The Labute approximate surface area is 172 Å². The molecule has 0 saturated carbocycles. The third-order valence-electron chi connectivity index (χ3n) is 4.58. The van der Waals surface area contributed by atoms with Crippen LogP contribution in [0.15, 0.2) is 71.9 Å². The predicted octanol–water partition coefficient (Wildman–Crippen LogP) is 3.98. The van der Waals surface area contributed by atoms with Gasteiger partial charge in [0, 0.05) is 17.4 Å². The van der Waals surface area contributed by atoms with Gasteiger partial charge in [0.1, 0.15) is 10.8 Å². The Bertz CT molecular complexity index is 1040. The third kappa shape index (κ3) is 4.25. The number of amides is 2. The van der Waals surface area contributed by atoms with Gasteiger partial charge < -0.3 is 15.0 Å². The number of hydrogen-bond acceptors (Lipinski definition) is 5. The number of benzene rings is 2. The monoisotopic (exact) mass is 405 g/mol. The molecule has 0 unspecified atom stereocenters. The Balaban J connectivity index is 1.45. The van der Waals surface area contributed by atoms with Crippen LogP contribution >= 0.6 is 11.8 Å². The van der Waals surface area contributed by atoms with E-state index in [1.807, 2.05) is 24.3 Å². The lowest BCUT2D eigenvalue weighted by molar-refractivity contribution is -0.116. The van der Waals surface area contributed by atoms with E-state index in [9.17, 15) is 9.59 Å². The molecule has 1 aromatic heterocycles. The van der Waals surface area contributed by atoms with E-state index in [-0.39, 0.29) is 11.8 Å². The van der Waals surface area contributed by atoms with Crippen LogP contribution in [0, 0.1) is 0 Å². The van der Waals surface area contributed by atoms with Crippen LogP contribution in [-0.2, 0) is 11.3 Å². The smallest absolute Gasteiger partial charge is 0.255 e. The molecule has 2 aromatic carbocycles. The number of nitrogens with one attached hydrogen (secondary N) is 1. The first kappa shape index (κ1) is 19.0. The zero-order chi connectivity index (χ0) is 20.2. The average molecular weight is 405 g/mol. The van der Waals surface area contributed by atoms with Gasteiger partial charge in [-0.3, -0.25) is 9.59 Å². The molecule has 4 rings (SSSR count). The van der Waals surface area contributed by atoms with Gasteiger partial charge in [0.25, 0.3) is 5.91 Å². The Kier molecular flexibility index (Phi) is 5.48. The predicted molar refractivity (Wildman–Crippen MR) is 114 cm³/mol. The molecule has 0 fully saturated rings. The van der Waals surface area contributed by atoms with Crippen molar-refractivity contribution in [1.29, 1.82) is 0 Å². The Morgan fingerprint density at radius 2 is 1.90 bits per heavy atom. The highest BCUT2D eigenvalue weighted by Gasteiger charge is 2.25. The summed E-state index contributed by atoms with van der Waals surface area (Å²) < 4.78 is 5.12. The number of pyridine rings is 1. The summed E-state index contributed by atoms with van der Waals surface area (Å²) in [6, 6.07) is 18.2. The van der Waals surface area contributed by atoms with Gasteiger partial charge in [-0.05, 0) is 54.1 Å². The van der Waals surface area contributed by atoms with E-state index in [0.717, 1.165) is 22.0 Å². The lowest BCUT2D eigenvalue weighted by atomic mass is 10.1. The molecule has 0 aliphatic carbocycles. The zero-order valence-electron chi connectivity index (χ0n) is 15.8. The second kappa shape index (κ2) is 8.36. The quantitative estimate of drug-likeness (QED) is 0.695. The summed E-state index contributed by atoms with van der Waals surface area (Å²) in [7, 11) is 1.60. The summed E-state index contributed by atoms with van der Waals surface area (Å²) in [4.78, 5) is 30.9. The van der Waals surface area contributed by atoms with Crippen molar-refractivity contribution >= 4 is 35.0 Å². The molecule has 2 amide bonds. The summed E-state index contributed by atoms with van der Waals surface area (Å²) in [5, 5.41) is 3.72. The lowest BCUT2D eigenvalue weighted by Crippen LogP contribution is -2.35. The second-order valence-electron chi connectivity index (χ2n) is 6.48. The molecule has 0 bridgehead atoms. The summed E-state index contributed by atoms with van der Waals surface area (Å²) >= 11 is 1.46. The molecule has 1 N–H and O–H groups in total. The molecule has 2 heterocycles. The number of aromatic nitrogens is 1. The molecule has 0 spiro atoms. The highest BCUT2D eigenvalue weighted by Crippen LogP contribution is 2.34. The molecule has 29 heavy (non-hydrogen) atoms. The van der Waals surface area contributed by atoms with Crippen molar-refractivity contribution in [1.82, 2.24) is 4.98 Å². The van der Waals surface area contributed by atoms with Gasteiger partial charge in [0.05, 0.1) is 25.1 Å². The Hall–Kier alpha value is -3.32. The molecule has 1 aliphatic heterocycles. The number of fused-ring (bicyclic) bond motifs is 1. The molecule has 146 valence electrons. The van der Waals surface area contributed by atoms with E-state index in [1.54, 1.807) is 54.6 Å². The molecule has 6 nitrogen and oxygen atoms in total. The molecule has 0 radical (unpaired) electrons. The first-order valence-corrected chi connectivity index (χ1v) is 10.0. The number of methoxy groups -OCH3 is 1. The van der Waals surface area contributed by atoms with Crippen LogP contribution in [0.1, 0.15) is 15.9 Å². The van der Waals surface area contributed by atoms with Crippen molar-refractivity contribution in [3.05, 3.63) is 78.0 Å². The normalized spacial score (nSPS) is 13.0. The maximum absolute atomic E-state index is 12.5. The molecule has 1 aliphatic rings. The van der Waals surface area contributed by atoms with Crippen molar-refractivity contribution in [3.8, 4) is 5.75 Å². The number of rotatable bonds is 5. The SMILES string of the molecule is COc1ccc(NC(=O)c2ccc(CN3C(=O)CSc4ncccc43)cc2)cc1. The van der Waals surface area contributed by atoms with Crippen molar-refractivity contribution in [2.45, 2.75) is 11.6 Å². The van der Waals surface area contributed by atoms with Crippen molar-refractivity contribution in [3.63, 3.8) is 0 Å². The Morgan fingerprint density at radius 3 is 2.62 bits per heavy atom. The molecular weight excluding hydrogens is 386 g/mol. The maximum Gasteiger partial charge on any atom is 0.255 e. The summed E-state index contributed by atoms with van der Waals surface area (Å²) in [6.45, 7) is 0.443. The number of hydrogen-bond donors (Lipinski definition) is 1. The molecule has 3 aromatic rings. The van der Waals surface area contributed by atoms with Gasteiger partial charge in [-0.1, -0.05) is 23.9 Å². The summed E-state index contributed by atoms with van der Waals surface area (Å²) in [6.07, 6.45) is 1.73. The van der Waals surface area contributed by atoms with E-state index in [1.165, 1.54) is 11.8 Å². The second-order valence-corrected chi connectivity index (χ2v) is 7.44. The largest absolute Gasteiger partial charge is 0.497 e. The van der Waals surface area contributed by atoms with E-state index in [2.05, 4.69) is 10.3 Å². The topological polar surface area (TPSA) is 71.5 Å². The first-order valence-electron chi connectivity index (χ1n) is 9.06. The first-order chi connectivity index (χ1) is 14.1. The van der Waals surface area contributed by atoms with Gasteiger partial charge in [-0.15, -0.1) is 0 Å². The lowest BCUT2D eigenvalue weighted by Gasteiger charge is -2.28. The van der Waals surface area contributed by atoms with Crippen molar-refractivity contribution < 1.29 is 14.3 Å². The van der Waals surface area contributed by atoms with Crippen LogP contribution in [0.25, 0.3) is 0 Å². The van der Waals surface area contributed by atoms with Gasteiger partial charge in [-0.2, -0.15) is 0 Å². The fourth-order valence-electron chi connectivity index (χ4n) is 3.04. The van der Waals surface area contributed by atoms with Crippen LogP contribution in [0.2, 0.25) is 0 Å². The van der Waals surface area contributed by atoms with Gasteiger partial charge in [-0.25, -0.2) is 4.98 Å². The fourth-order valence-corrected chi connectivity index (χ4v) is 3.91. The average Bonchev–Trinajstić information content (AvgIpc) is 2.77. The van der Waals surface area contributed by atoms with E-state index < -0.39 is 0 Å². The van der Waals surface area contributed by atoms with Crippen LogP contribution in [0.4, 0.5) is 11.4 Å². The van der Waals surface area contributed by atoms with Gasteiger partial charge in [0.2, 0.25) is 5.91 Å². The van der Waals surface area contributed by atoms with Crippen LogP contribution in [0.5, 0.6) is 5.75 Å². The number of ether oxygens (including phenoxy) is 1. The summed E-state index contributed by atoms with van der Waals surface area (Å²) in [5.41, 5.74) is 3.02. The number of anilines is 2. The standard InChI is InChI=1S/C22H19N3O3S/c1-28-18-10-8-17(9-11-18)24-21(27)16-6-4-15(5-7-16)13-25-19-3-2-12-23-22(19)29-14-20(25)26/h2-12H,13-14H2,1H3,(H,24,27). The van der Waals surface area contributed by atoms with E-state index in [0.29, 0.717) is 23.5 Å². The van der Waals surface area contributed by atoms with Crippen LogP contribution in [-0.4, -0.2) is 29.7 Å². The minimum atomic E-state index is -0.193. The molecular formula is C22H19N3O3S. The van der Waals surface area contributed by atoms with Crippen LogP contribution < -0.4 is 15.0 Å². The van der Waals surface area contributed by atoms with E-state index in [4.69, 9.17) is 4.74 Å². The fraction of sp³-hybridized carbons (Fsp3) is 0.136. The number of thioether (sulfide) groups is 1. The molecule has 7 heteroatoms. The minimum absolute atomic E-state index is 0.0526. The van der Waals surface area contributed by atoms with Gasteiger partial charge in [0.15, 0.2) is 0 Å². The zero-order valence-corrected chi connectivity index (χ0v) is 16.6.